The summed E-state index contributed by atoms with van der Waals surface area (Å²) in [6.45, 7) is 0.608. The van der Waals surface area contributed by atoms with E-state index in [0.29, 0.717) is 6.61 Å². The van der Waals surface area contributed by atoms with Crippen molar-refractivity contribution in [3.8, 4) is 0 Å². The zero-order chi connectivity index (χ0) is 9.97. The molecule has 14 heavy (non-hydrogen) atoms. The monoisotopic (exact) mass is 210 g/mol. The molecule has 0 saturated carbocycles. The number of hydrogen-bond acceptors (Lipinski definition) is 2. The second kappa shape index (κ2) is 4.03. The highest BCUT2D eigenvalue weighted by atomic mass is 35.5. The predicted molar refractivity (Wildman–Crippen MR) is 55.2 cm³/mol. The van der Waals surface area contributed by atoms with Crippen molar-refractivity contribution in [1.29, 1.82) is 0 Å². The van der Waals surface area contributed by atoms with Crippen LogP contribution >= 0.6 is 11.6 Å². The van der Waals surface area contributed by atoms with Crippen molar-refractivity contribution in [2.24, 2.45) is 0 Å². The first-order valence-corrected chi connectivity index (χ1v) is 4.80. The van der Waals surface area contributed by atoms with Crippen molar-refractivity contribution in [2.75, 3.05) is 13.7 Å². The van der Waals surface area contributed by atoms with Gasteiger partial charge in [0.15, 0.2) is 0 Å². The standard InChI is InChI=1S/C11H11ClO2/c1-13-10-6-7-14-11(10)8-2-4-9(12)5-3-8/h2-6,11H,7H2,1H3. The van der Waals surface area contributed by atoms with Gasteiger partial charge in [-0.1, -0.05) is 23.7 Å². The molecule has 0 saturated heterocycles. The fraction of sp³-hybridized carbons (Fsp3) is 0.273. The molecule has 0 N–H and O–H groups in total. The maximum absolute atomic E-state index is 5.80. The first-order chi connectivity index (χ1) is 6.81. The molecule has 1 aromatic rings. The Balaban J connectivity index is 2.23. The van der Waals surface area contributed by atoms with Gasteiger partial charge in [0.25, 0.3) is 0 Å². The Bertz CT molecular complexity index is 343. The molecule has 1 heterocycles. The van der Waals surface area contributed by atoms with Gasteiger partial charge in [0.05, 0.1) is 13.7 Å². The lowest BCUT2D eigenvalue weighted by Crippen LogP contribution is -2.02. The molecule has 1 aliphatic rings. The van der Waals surface area contributed by atoms with Crippen LogP contribution in [0.3, 0.4) is 0 Å². The zero-order valence-corrected chi connectivity index (χ0v) is 8.62. The Morgan fingerprint density at radius 2 is 2.07 bits per heavy atom. The molecule has 1 atom stereocenters. The molecule has 2 rings (SSSR count). The van der Waals surface area contributed by atoms with Gasteiger partial charge in [0.1, 0.15) is 11.9 Å². The third-order valence-electron chi connectivity index (χ3n) is 2.21. The van der Waals surface area contributed by atoms with Crippen LogP contribution in [0, 0.1) is 0 Å². The molecule has 0 spiro atoms. The van der Waals surface area contributed by atoms with Gasteiger partial charge in [-0.05, 0) is 23.8 Å². The van der Waals surface area contributed by atoms with Gasteiger partial charge < -0.3 is 9.47 Å². The summed E-state index contributed by atoms with van der Waals surface area (Å²) in [5, 5.41) is 0.731. The second-order valence-electron chi connectivity index (χ2n) is 3.08. The summed E-state index contributed by atoms with van der Waals surface area (Å²) in [6, 6.07) is 7.61. The Hall–Kier alpha value is -0.990. The largest absolute Gasteiger partial charge is 0.498 e. The molecule has 0 amide bonds. The van der Waals surface area contributed by atoms with E-state index in [9.17, 15) is 0 Å². The van der Waals surface area contributed by atoms with Gasteiger partial charge in [-0.2, -0.15) is 0 Å². The van der Waals surface area contributed by atoms with E-state index in [4.69, 9.17) is 21.1 Å². The minimum absolute atomic E-state index is 0.0720. The van der Waals surface area contributed by atoms with Gasteiger partial charge in [-0.15, -0.1) is 0 Å². The molecular formula is C11H11ClO2. The molecule has 1 unspecified atom stereocenters. The third kappa shape index (κ3) is 1.76. The van der Waals surface area contributed by atoms with Crippen molar-refractivity contribution >= 4 is 11.6 Å². The van der Waals surface area contributed by atoms with Gasteiger partial charge >= 0.3 is 0 Å². The number of hydrogen-bond donors (Lipinski definition) is 0. The summed E-state index contributed by atoms with van der Waals surface area (Å²) < 4.78 is 10.7. The minimum Gasteiger partial charge on any atom is -0.498 e. The molecule has 0 fully saturated rings. The lowest BCUT2D eigenvalue weighted by molar-refractivity contribution is 0.0852. The van der Waals surface area contributed by atoms with E-state index < -0.39 is 0 Å². The van der Waals surface area contributed by atoms with Crippen LogP contribution in [0.5, 0.6) is 0 Å². The van der Waals surface area contributed by atoms with Gasteiger partial charge in [-0.3, -0.25) is 0 Å². The summed E-state index contributed by atoms with van der Waals surface area (Å²) in [4.78, 5) is 0. The van der Waals surface area contributed by atoms with Crippen LogP contribution in [-0.2, 0) is 9.47 Å². The van der Waals surface area contributed by atoms with Crippen LogP contribution < -0.4 is 0 Å². The highest BCUT2D eigenvalue weighted by Crippen LogP contribution is 2.30. The Morgan fingerprint density at radius 3 is 2.71 bits per heavy atom. The van der Waals surface area contributed by atoms with Crippen LogP contribution in [0.15, 0.2) is 36.1 Å². The van der Waals surface area contributed by atoms with E-state index in [-0.39, 0.29) is 6.10 Å². The van der Waals surface area contributed by atoms with Gasteiger partial charge in [-0.25, -0.2) is 0 Å². The summed E-state index contributed by atoms with van der Waals surface area (Å²) in [5.41, 5.74) is 1.07. The third-order valence-corrected chi connectivity index (χ3v) is 2.47. The van der Waals surface area contributed by atoms with Crippen molar-refractivity contribution in [3.63, 3.8) is 0 Å². The predicted octanol–water partition coefficient (Wildman–Crippen LogP) is 2.94. The first kappa shape index (κ1) is 9.56. The minimum atomic E-state index is -0.0720. The van der Waals surface area contributed by atoms with E-state index in [1.54, 1.807) is 7.11 Å². The number of methoxy groups -OCH3 is 1. The van der Waals surface area contributed by atoms with Crippen LogP contribution in [0.1, 0.15) is 11.7 Å². The van der Waals surface area contributed by atoms with E-state index in [2.05, 4.69) is 0 Å². The lowest BCUT2D eigenvalue weighted by atomic mass is 10.1. The zero-order valence-electron chi connectivity index (χ0n) is 7.87. The molecule has 0 aromatic heterocycles. The van der Waals surface area contributed by atoms with Crippen LogP contribution in [0.2, 0.25) is 5.02 Å². The van der Waals surface area contributed by atoms with E-state index in [1.807, 2.05) is 30.3 Å². The molecule has 1 aromatic carbocycles. The first-order valence-electron chi connectivity index (χ1n) is 4.42. The smallest absolute Gasteiger partial charge is 0.140 e. The average molecular weight is 211 g/mol. The van der Waals surface area contributed by atoms with Crippen LogP contribution in [0.4, 0.5) is 0 Å². The Labute approximate surface area is 88.1 Å². The molecule has 1 aliphatic heterocycles. The highest BCUT2D eigenvalue weighted by molar-refractivity contribution is 6.30. The SMILES string of the molecule is COC1=CCOC1c1ccc(Cl)cc1. The fourth-order valence-corrected chi connectivity index (χ4v) is 1.63. The Kier molecular flexibility index (Phi) is 2.75. The molecule has 0 bridgehead atoms. The normalized spacial score (nSPS) is 20.7. The summed E-state index contributed by atoms with van der Waals surface area (Å²) in [7, 11) is 1.66. The maximum Gasteiger partial charge on any atom is 0.140 e. The summed E-state index contributed by atoms with van der Waals surface area (Å²) >= 11 is 5.80. The molecular weight excluding hydrogens is 200 g/mol. The van der Waals surface area contributed by atoms with E-state index in [0.717, 1.165) is 16.3 Å². The van der Waals surface area contributed by atoms with Crippen LogP contribution in [-0.4, -0.2) is 13.7 Å². The topological polar surface area (TPSA) is 18.5 Å². The van der Waals surface area contributed by atoms with Gasteiger partial charge in [0.2, 0.25) is 0 Å². The van der Waals surface area contributed by atoms with E-state index in [1.165, 1.54) is 0 Å². The molecule has 3 heteroatoms. The van der Waals surface area contributed by atoms with Gasteiger partial charge in [0, 0.05) is 5.02 Å². The quantitative estimate of drug-likeness (QED) is 0.747. The van der Waals surface area contributed by atoms with Crippen molar-refractivity contribution in [1.82, 2.24) is 0 Å². The van der Waals surface area contributed by atoms with Crippen molar-refractivity contribution < 1.29 is 9.47 Å². The van der Waals surface area contributed by atoms with Crippen LogP contribution in [0.25, 0.3) is 0 Å². The average Bonchev–Trinajstić information content (AvgIpc) is 2.67. The maximum atomic E-state index is 5.80. The van der Waals surface area contributed by atoms with Crippen molar-refractivity contribution in [3.05, 3.63) is 46.7 Å². The second-order valence-corrected chi connectivity index (χ2v) is 3.51. The van der Waals surface area contributed by atoms with E-state index >= 15 is 0 Å². The highest BCUT2D eigenvalue weighted by Gasteiger charge is 2.22. The number of ether oxygens (including phenoxy) is 2. The van der Waals surface area contributed by atoms with Crippen molar-refractivity contribution in [2.45, 2.75) is 6.10 Å². The molecule has 0 radical (unpaired) electrons. The number of rotatable bonds is 2. The molecule has 2 nitrogen and oxygen atoms in total. The number of benzene rings is 1. The summed E-state index contributed by atoms with van der Waals surface area (Å²) in [6.07, 6.45) is 1.87. The fourth-order valence-electron chi connectivity index (χ4n) is 1.50. The lowest BCUT2D eigenvalue weighted by Gasteiger charge is -2.13. The summed E-state index contributed by atoms with van der Waals surface area (Å²) in [5.74, 6) is 0.868. The molecule has 0 aliphatic carbocycles. The Morgan fingerprint density at radius 1 is 1.36 bits per heavy atom. The number of halogens is 1. The molecule has 74 valence electrons.